The Hall–Kier alpha value is -3.05. The van der Waals surface area contributed by atoms with E-state index < -0.39 is 0 Å². The Kier molecular flexibility index (Phi) is 4.35. The number of ether oxygens (including phenoxy) is 1. The second-order valence-electron chi connectivity index (χ2n) is 6.25. The summed E-state index contributed by atoms with van der Waals surface area (Å²) in [4.78, 5) is 0. The van der Waals surface area contributed by atoms with Crippen molar-refractivity contribution in [1.29, 1.82) is 5.26 Å². The van der Waals surface area contributed by atoms with Crippen LogP contribution in [-0.2, 0) is 5.41 Å². The highest BCUT2D eigenvalue weighted by Gasteiger charge is 2.22. The number of nitriles is 1. The zero-order valence-electron chi connectivity index (χ0n) is 13.9. The summed E-state index contributed by atoms with van der Waals surface area (Å²) < 4.78 is 5.84. The molecule has 2 heteroatoms. The van der Waals surface area contributed by atoms with E-state index in [2.05, 4.69) is 56.3 Å². The predicted molar refractivity (Wildman–Crippen MR) is 96.2 cm³/mol. The van der Waals surface area contributed by atoms with E-state index in [0.29, 0.717) is 5.56 Å². The highest BCUT2D eigenvalue weighted by molar-refractivity contribution is 5.42. The Morgan fingerprint density at radius 2 is 1.21 bits per heavy atom. The normalized spacial score (nSPS) is 10.9. The fourth-order valence-corrected chi connectivity index (χ4v) is 2.69. The molecular formula is C22H19NO. The average Bonchev–Trinajstić information content (AvgIpc) is 2.63. The molecule has 0 spiro atoms. The van der Waals surface area contributed by atoms with Crippen LogP contribution < -0.4 is 4.74 Å². The lowest BCUT2D eigenvalue weighted by Gasteiger charge is -2.26. The van der Waals surface area contributed by atoms with Crippen molar-refractivity contribution in [3.8, 4) is 17.6 Å². The topological polar surface area (TPSA) is 33.0 Å². The molecule has 0 saturated heterocycles. The molecule has 0 unspecified atom stereocenters. The van der Waals surface area contributed by atoms with Gasteiger partial charge in [0.05, 0.1) is 11.6 Å². The third-order valence-electron chi connectivity index (χ3n) is 4.29. The first kappa shape index (κ1) is 15.8. The summed E-state index contributed by atoms with van der Waals surface area (Å²) in [6.07, 6.45) is 0. The minimum Gasteiger partial charge on any atom is -0.457 e. The highest BCUT2D eigenvalue weighted by atomic mass is 16.5. The van der Waals surface area contributed by atoms with Crippen LogP contribution in [0.5, 0.6) is 11.5 Å². The molecule has 3 aromatic rings. The first-order chi connectivity index (χ1) is 11.6. The molecule has 118 valence electrons. The van der Waals surface area contributed by atoms with Gasteiger partial charge in [-0.2, -0.15) is 5.26 Å². The maximum atomic E-state index is 8.83. The lowest BCUT2D eigenvalue weighted by Crippen LogP contribution is -2.18. The molecule has 24 heavy (non-hydrogen) atoms. The van der Waals surface area contributed by atoms with Gasteiger partial charge in [-0.3, -0.25) is 0 Å². The molecule has 0 aliphatic carbocycles. The molecule has 0 amide bonds. The first-order valence-corrected chi connectivity index (χ1v) is 7.94. The average molecular weight is 313 g/mol. The highest BCUT2D eigenvalue weighted by Crippen LogP contribution is 2.33. The van der Waals surface area contributed by atoms with E-state index in [9.17, 15) is 0 Å². The molecule has 3 rings (SSSR count). The van der Waals surface area contributed by atoms with E-state index in [-0.39, 0.29) is 5.41 Å². The van der Waals surface area contributed by atoms with E-state index in [1.54, 1.807) is 24.3 Å². The van der Waals surface area contributed by atoms with Crippen molar-refractivity contribution in [2.45, 2.75) is 19.3 Å². The van der Waals surface area contributed by atoms with Crippen LogP contribution in [0, 0.1) is 11.3 Å². The molecule has 0 saturated carbocycles. The van der Waals surface area contributed by atoms with Crippen LogP contribution in [0.2, 0.25) is 0 Å². The van der Waals surface area contributed by atoms with Gasteiger partial charge in [-0.05, 0) is 47.5 Å². The largest absolute Gasteiger partial charge is 0.457 e. The molecule has 0 bridgehead atoms. The number of rotatable bonds is 4. The van der Waals surface area contributed by atoms with Gasteiger partial charge < -0.3 is 4.74 Å². The Labute approximate surface area is 143 Å². The quantitative estimate of drug-likeness (QED) is 0.621. The van der Waals surface area contributed by atoms with Gasteiger partial charge >= 0.3 is 0 Å². The van der Waals surface area contributed by atoms with Gasteiger partial charge in [0.2, 0.25) is 0 Å². The van der Waals surface area contributed by atoms with Gasteiger partial charge in [0, 0.05) is 5.41 Å². The van der Waals surface area contributed by atoms with Gasteiger partial charge in [0.1, 0.15) is 11.5 Å². The van der Waals surface area contributed by atoms with Gasteiger partial charge in [0.25, 0.3) is 0 Å². The lowest BCUT2D eigenvalue weighted by atomic mass is 9.78. The molecule has 2 nitrogen and oxygen atoms in total. The zero-order valence-corrected chi connectivity index (χ0v) is 13.9. The van der Waals surface area contributed by atoms with Crippen LogP contribution in [0.15, 0.2) is 78.9 Å². The fraction of sp³-hybridized carbons (Fsp3) is 0.136. The number of benzene rings is 3. The fourth-order valence-electron chi connectivity index (χ4n) is 2.69. The summed E-state index contributed by atoms with van der Waals surface area (Å²) in [7, 11) is 0. The first-order valence-electron chi connectivity index (χ1n) is 7.94. The summed E-state index contributed by atoms with van der Waals surface area (Å²) >= 11 is 0. The summed E-state index contributed by atoms with van der Waals surface area (Å²) in [5.74, 6) is 1.51. The SMILES string of the molecule is CC(C)(c1ccccc1)c1ccc(Oc2ccc(C#N)cc2)cc1. The zero-order chi connectivity index (χ0) is 17.0. The van der Waals surface area contributed by atoms with Crippen LogP contribution in [0.3, 0.4) is 0 Å². The van der Waals surface area contributed by atoms with Gasteiger partial charge in [-0.25, -0.2) is 0 Å². The number of hydrogen-bond acceptors (Lipinski definition) is 2. The monoisotopic (exact) mass is 313 g/mol. The molecule has 0 aromatic heterocycles. The summed E-state index contributed by atoms with van der Waals surface area (Å²) in [6, 6.07) is 27.9. The molecular weight excluding hydrogens is 294 g/mol. The maximum absolute atomic E-state index is 8.83. The third kappa shape index (κ3) is 3.31. The van der Waals surface area contributed by atoms with Crippen molar-refractivity contribution in [1.82, 2.24) is 0 Å². The van der Waals surface area contributed by atoms with Crippen LogP contribution in [0.4, 0.5) is 0 Å². The molecule has 3 aromatic carbocycles. The predicted octanol–water partition coefficient (Wildman–Crippen LogP) is 5.68. The Morgan fingerprint density at radius 3 is 1.75 bits per heavy atom. The van der Waals surface area contributed by atoms with Crippen LogP contribution >= 0.6 is 0 Å². The molecule has 0 aliphatic heterocycles. The van der Waals surface area contributed by atoms with Crippen molar-refractivity contribution < 1.29 is 4.74 Å². The molecule has 0 aliphatic rings. The van der Waals surface area contributed by atoms with Crippen molar-refractivity contribution in [2.24, 2.45) is 0 Å². The lowest BCUT2D eigenvalue weighted by molar-refractivity contribution is 0.482. The van der Waals surface area contributed by atoms with E-state index in [4.69, 9.17) is 10.00 Å². The Bertz CT molecular complexity index is 841. The Morgan fingerprint density at radius 1 is 0.708 bits per heavy atom. The van der Waals surface area contributed by atoms with E-state index in [1.165, 1.54) is 11.1 Å². The molecule has 0 radical (unpaired) electrons. The minimum atomic E-state index is -0.0613. The smallest absolute Gasteiger partial charge is 0.127 e. The van der Waals surface area contributed by atoms with E-state index >= 15 is 0 Å². The van der Waals surface area contributed by atoms with Gasteiger partial charge in [0.15, 0.2) is 0 Å². The summed E-state index contributed by atoms with van der Waals surface area (Å²) in [5.41, 5.74) is 3.09. The molecule has 0 heterocycles. The molecule has 0 atom stereocenters. The standard InChI is InChI=1S/C22H19NO/c1-22(2,18-6-4-3-5-7-18)19-10-14-21(15-11-19)24-20-12-8-17(16-23)9-13-20/h3-15H,1-2H3. The number of hydrogen-bond donors (Lipinski definition) is 0. The van der Waals surface area contributed by atoms with E-state index in [1.807, 2.05) is 18.2 Å². The van der Waals surface area contributed by atoms with Crippen molar-refractivity contribution in [3.63, 3.8) is 0 Å². The van der Waals surface area contributed by atoms with Crippen molar-refractivity contribution >= 4 is 0 Å². The summed E-state index contributed by atoms with van der Waals surface area (Å²) in [6.45, 7) is 4.44. The third-order valence-corrected chi connectivity index (χ3v) is 4.29. The van der Waals surface area contributed by atoms with Crippen LogP contribution in [-0.4, -0.2) is 0 Å². The molecule has 0 fully saturated rings. The van der Waals surface area contributed by atoms with Gasteiger partial charge in [-0.1, -0.05) is 56.3 Å². The second-order valence-corrected chi connectivity index (χ2v) is 6.25. The van der Waals surface area contributed by atoms with Crippen molar-refractivity contribution in [3.05, 3.63) is 95.6 Å². The number of nitrogens with zero attached hydrogens (tertiary/aromatic N) is 1. The Balaban J connectivity index is 1.79. The second kappa shape index (κ2) is 6.60. The van der Waals surface area contributed by atoms with E-state index in [0.717, 1.165) is 11.5 Å². The van der Waals surface area contributed by atoms with Crippen molar-refractivity contribution in [2.75, 3.05) is 0 Å². The van der Waals surface area contributed by atoms with Crippen LogP contribution in [0.1, 0.15) is 30.5 Å². The minimum absolute atomic E-state index is 0.0613. The van der Waals surface area contributed by atoms with Gasteiger partial charge in [-0.15, -0.1) is 0 Å². The van der Waals surface area contributed by atoms with Crippen LogP contribution in [0.25, 0.3) is 0 Å². The summed E-state index contributed by atoms with van der Waals surface area (Å²) in [5, 5.41) is 8.83. The molecule has 0 N–H and O–H groups in total. The maximum Gasteiger partial charge on any atom is 0.127 e.